The van der Waals surface area contributed by atoms with Crippen molar-refractivity contribution in [2.24, 2.45) is 5.10 Å². The molecule has 5 heteroatoms. The maximum absolute atomic E-state index is 5.94. The lowest BCUT2D eigenvalue weighted by Gasteiger charge is -2.33. The average molecular weight is 362 g/mol. The molecule has 1 aliphatic rings. The van der Waals surface area contributed by atoms with E-state index in [1.807, 2.05) is 43.3 Å². The Morgan fingerprint density at radius 1 is 0.875 bits per heavy atom. The summed E-state index contributed by atoms with van der Waals surface area (Å²) in [5.41, 5.74) is 3.44. The number of hydrogen-bond donors (Lipinski definition) is 0. The van der Waals surface area contributed by atoms with Crippen molar-refractivity contribution < 1.29 is 0 Å². The normalized spacial score (nSPS) is 16.5. The Bertz CT molecular complexity index is 688. The van der Waals surface area contributed by atoms with Gasteiger partial charge in [-0.15, -0.1) is 0 Å². The Balaban J connectivity index is 1.53. The largest absolute Gasteiger partial charge is 0.295 e. The minimum absolute atomic E-state index is 0.752. The molecule has 3 nitrogen and oxygen atoms in total. The van der Waals surface area contributed by atoms with Crippen molar-refractivity contribution in [1.29, 1.82) is 0 Å². The van der Waals surface area contributed by atoms with Gasteiger partial charge >= 0.3 is 0 Å². The molecular formula is C19H21Cl2N3. The van der Waals surface area contributed by atoms with Crippen molar-refractivity contribution in [2.75, 3.05) is 26.2 Å². The first-order valence-corrected chi connectivity index (χ1v) is 8.88. The van der Waals surface area contributed by atoms with Crippen LogP contribution in [-0.4, -0.2) is 41.8 Å². The van der Waals surface area contributed by atoms with Gasteiger partial charge < -0.3 is 0 Å². The molecule has 0 radical (unpaired) electrons. The van der Waals surface area contributed by atoms with Crippen molar-refractivity contribution in [1.82, 2.24) is 9.91 Å². The summed E-state index contributed by atoms with van der Waals surface area (Å²) in [7, 11) is 0. The van der Waals surface area contributed by atoms with Crippen LogP contribution in [0.25, 0.3) is 0 Å². The van der Waals surface area contributed by atoms with Crippen molar-refractivity contribution in [3.05, 3.63) is 69.7 Å². The highest BCUT2D eigenvalue weighted by atomic mass is 35.5. The van der Waals surface area contributed by atoms with Crippen molar-refractivity contribution in [2.45, 2.75) is 13.5 Å². The van der Waals surface area contributed by atoms with E-state index in [0.29, 0.717) is 0 Å². The lowest BCUT2D eigenvalue weighted by Crippen LogP contribution is -2.43. The molecule has 0 spiro atoms. The zero-order valence-electron chi connectivity index (χ0n) is 13.8. The molecule has 0 aliphatic carbocycles. The van der Waals surface area contributed by atoms with Gasteiger partial charge in [-0.1, -0.05) is 47.5 Å². The van der Waals surface area contributed by atoms with Crippen LogP contribution in [0.2, 0.25) is 10.0 Å². The molecule has 0 N–H and O–H groups in total. The summed E-state index contributed by atoms with van der Waals surface area (Å²) in [5, 5.41) is 8.45. The summed E-state index contributed by atoms with van der Waals surface area (Å²) in [4.78, 5) is 2.45. The summed E-state index contributed by atoms with van der Waals surface area (Å²) >= 11 is 11.9. The van der Waals surface area contributed by atoms with Gasteiger partial charge in [-0.2, -0.15) is 5.10 Å². The summed E-state index contributed by atoms with van der Waals surface area (Å²) in [6.07, 6.45) is 0. The van der Waals surface area contributed by atoms with E-state index in [2.05, 4.69) is 22.0 Å². The van der Waals surface area contributed by atoms with Crippen LogP contribution in [0.1, 0.15) is 18.1 Å². The number of benzene rings is 2. The monoisotopic (exact) mass is 361 g/mol. The van der Waals surface area contributed by atoms with Gasteiger partial charge in [0.2, 0.25) is 0 Å². The van der Waals surface area contributed by atoms with Crippen LogP contribution in [0.15, 0.2) is 53.6 Å². The van der Waals surface area contributed by atoms with Crippen LogP contribution in [-0.2, 0) is 6.54 Å². The lowest BCUT2D eigenvalue weighted by molar-refractivity contribution is 0.130. The van der Waals surface area contributed by atoms with Gasteiger partial charge in [0.15, 0.2) is 0 Å². The highest BCUT2D eigenvalue weighted by molar-refractivity contribution is 6.30. The van der Waals surface area contributed by atoms with E-state index in [1.165, 1.54) is 5.56 Å². The molecule has 2 aromatic carbocycles. The molecule has 1 saturated heterocycles. The molecule has 1 aliphatic heterocycles. The fraction of sp³-hybridized carbons (Fsp3) is 0.316. The van der Waals surface area contributed by atoms with Crippen LogP contribution in [0.4, 0.5) is 0 Å². The van der Waals surface area contributed by atoms with E-state index in [4.69, 9.17) is 28.3 Å². The Hall–Kier alpha value is -1.55. The zero-order chi connectivity index (χ0) is 16.9. The molecule has 0 amide bonds. The van der Waals surface area contributed by atoms with E-state index in [1.54, 1.807) is 0 Å². The Labute approximate surface area is 153 Å². The van der Waals surface area contributed by atoms with E-state index in [0.717, 1.165) is 54.0 Å². The molecule has 0 unspecified atom stereocenters. The first-order valence-electron chi connectivity index (χ1n) is 8.13. The van der Waals surface area contributed by atoms with Crippen molar-refractivity contribution >= 4 is 28.9 Å². The van der Waals surface area contributed by atoms with Gasteiger partial charge in [-0.25, -0.2) is 0 Å². The van der Waals surface area contributed by atoms with Crippen LogP contribution >= 0.6 is 23.2 Å². The first kappa shape index (κ1) is 17.3. The molecule has 2 aromatic rings. The average Bonchev–Trinajstić information content (AvgIpc) is 2.59. The van der Waals surface area contributed by atoms with Crippen molar-refractivity contribution in [3.63, 3.8) is 0 Å². The molecule has 126 valence electrons. The molecule has 0 aromatic heterocycles. The second kappa shape index (κ2) is 8.02. The summed E-state index contributed by atoms with van der Waals surface area (Å²) in [6.45, 7) is 6.92. The Morgan fingerprint density at radius 2 is 1.42 bits per heavy atom. The minimum atomic E-state index is 0.752. The van der Waals surface area contributed by atoms with Gasteiger partial charge in [-0.3, -0.25) is 9.91 Å². The van der Waals surface area contributed by atoms with E-state index in [9.17, 15) is 0 Å². The second-order valence-electron chi connectivity index (χ2n) is 6.05. The van der Waals surface area contributed by atoms with Crippen molar-refractivity contribution in [3.8, 4) is 0 Å². The smallest absolute Gasteiger partial charge is 0.0646 e. The predicted molar refractivity (Wildman–Crippen MR) is 102 cm³/mol. The van der Waals surface area contributed by atoms with Crippen LogP contribution in [0.3, 0.4) is 0 Å². The number of hydrazone groups is 1. The van der Waals surface area contributed by atoms with Gasteiger partial charge in [0, 0.05) is 42.8 Å². The molecule has 1 fully saturated rings. The quantitative estimate of drug-likeness (QED) is 0.744. The third-order valence-electron chi connectivity index (χ3n) is 4.22. The van der Waals surface area contributed by atoms with Gasteiger partial charge in [0.1, 0.15) is 0 Å². The highest BCUT2D eigenvalue weighted by Gasteiger charge is 2.16. The van der Waals surface area contributed by atoms with Gasteiger partial charge in [0.25, 0.3) is 0 Å². The van der Waals surface area contributed by atoms with Crippen LogP contribution in [0.5, 0.6) is 0 Å². The molecular weight excluding hydrogens is 341 g/mol. The number of nitrogens with zero attached hydrogens (tertiary/aromatic N) is 3. The summed E-state index contributed by atoms with van der Waals surface area (Å²) < 4.78 is 0. The maximum Gasteiger partial charge on any atom is 0.0646 e. The predicted octanol–water partition coefficient (Wildman–Crippen LogP) is 4.54. The number of rotatable bonds is 4. The van der Waals surface area contributed by atoms with Crippen LogP contribution < -0.4 is 0 Å². The van der Waals surface area contributed by atoms with E-state index >= 15 is 0 Å². The number of piperazine rings is 1. The second-order valence-corrected chi connectivity index (χ2v) is 6.92. The first-order chi connectivity index (χ1) is 11.6. The Morgan fingerprint density at radius 3 is 2.00 bits per heavy atom. The maximum atomic E-state index is 5.94. The zero-order valence-corrected chi connectivity index (χ0v) is 15.3. The van der Waals surface area contributed by atoms with E-state index < -0.39 is 0 Å². The van der Waals surface area contributed by atoms with Crippen LogP contribution in [0, 0.1) is 0 Å². The molecule has 1 heterocycles. The molecule has 24 heavy (non-hydrogen) atoms. The third-order valence-corrected chi connectivity index (χ3v) is 4.73. The third kappa shape index (κ3) is 4.73. The number of hydrogen-bond acceptors (Lipinski definition) is 3. The van der Waals surface area contributed by atoms with E-state index in [-0.39, 0.29) is 0 Å². The lowest BCUT2D eigenvalue weighted by atomic mass is 10.1. The Kier molecular flexibility index (Phi) is 5.77. The molecule has 3 rings (SSSR count). The van der Waals surface area contributed by atoms with Gasteiger partial charge in [-0.05, 0) is 42.3 Å². The molecule has 0 atom stereocenters. The standard InChI is InChI=1S/C19H21Cl2N3/c1-15(17-4-8-19(21)9-5-17)22-24-12-10-23(11-13-24)14-16-2-6-18(20)7-3-16/h2-9H,10-14H2,1H3/b22-15-. The molecule has 0 bridgehead atoms. The number of halogens is 2. The summed E-state index contributed by atoms with van der Waals surface area (Å²) in [5.74, 6) is 0. The SMILES string of the molecule is C/C(=N/N1CCN(Cc2ccc(Cl)cc2)CC1)c1ccc(Cl)cc1. The fourth-order valence-corrected chi connectivity index (χ4v) is 3.06. The summed E-state index contributed by atoms with van der Waals surface area (Å²) in [6, 6.07) is 15.9. The van der Waals surface area contributed by atoms with Gasteiger partial charge in [0.05, 0.1) is 5.71 Å². The topological polar surface area (TPSA) is 18.8 Å². The minimum Gasteiger partial charge on any atom is -0.295 e. The fourth-order valence-electron chi connectivity index (χ4n) is 2.80. The highest BCUT2D eigenvalue weighted by Crippen LogP contribution is 2.14. The molecule has 0 saturated carbocycles.